The smallest absolute Gasteiger partial charge is 0.163 e. The minimum absolute atomic E-state index is 0.0383. The number of benzene rings is 1. The Kier molecular flexibility index (Phi) is 7.69. The summed E-state index contributed by atoms with van der Waals surface area (Å²) in [6, 6.07) is 5.16. The first-order valence-corrected chi connectivity index (χ1v) is 6.57. The highest BCUT2D eigenvalue weighted by molar-refractivity contribution is 5.97. The van der Waals surface area contributed by atoms with Crippen LogP contribution in [0.3, 0.4) is 0 Å². The molecule has 20 heavy (non-hydrogen) atoms. The molecule has 0 radical (unpaired) electrons. The first-order chi connectivity index (χ1) is 9.69. The predicted octanol–water partition coefficient (Wildman–Crippen LogP) is 2.33. The van der Waals surface area contributed by atoms with Crippen molar-refractivity contribution in [3.05, 3.63) is 23.8 Å². The Labute approximate surface area is 119 Å². The summed E-state index contributed by atoms with van der Waals surface area (Å²) in [7, 11) is 3.24. The zero-order valence-corrected chi connectivity index (χ0v) is 12.3. The number of methoxy groups -OCH3 is 2. The molecule has 1 aromatic rings. The predicted molar refractivity (Wildman–Crippen MR) is 75.8 cm³/mol. The van der Waals surface area contributed by atoms with Gasteiger partial charge < -0.3 is 18.9 Å². The highest BCUT2D eigenvalue weighted by Crippen LogP contribution is 2.25. The topological polar surface area (TPSA) is 54.0 Å². The van der Waals surface area contributed by atoms with Crippen LogP contribution in [0.25, 0.3) is 0 Å². The molecule has 0 bridgehead atoms. The lowest BCUT2D eigenvalue weighted by atomic mass is 10.1. The van der Waals surface area contributed by atoms with Gasteiger partial charge in [-0.3, -0.25) is 4.79 Å². The van der Waals surface area contributed by atoms with Crippen LogP contribution >= 0.6 is 0 Å². The lowest BCUT2D eigenvalue weighted by molar-refractivity contribution is 0.0798. The molecule has 0 aromatic heterocycles. The Morgan fingerprint density at radius 1 is 1.10 bits per heavy atom. The third-order valence-electron chi connectivity index (χ3n) is 2.69. The fraction of sp³-hybridized carbons (Fsp3) is 0.533. The number of Topliss-reactive ketones (excluding diaryl/α,β-unsaturated/α-hetero) is 1. The van der Waals surface area contributed by atoms with Gasteiger partial charge in [-0.15, -0.1) is 0 Å². The normalized spacial score (nSPS) is 10.3. The molecular weight excluding hydrogens is 260 g/mol. The molecule has 0 aliphatic carbocycles. The van der Waals surface area contributed by atoms with Gasteiger partial charge in [-0.05, 0) is 25.5 Å². The Morgan fingerprint density at radius 3 is 2.55 bits per heavy atom. The van der Waals surface area contributed by atoms with E-state index in [1.54, 1.807) is 32.4 Å². The van der Waals surface area contributed by atoms with Gasteiger partial charge in [0, 0.05) is 26.4 Å². The van der Waals surface area contributed by atoms with Gasteiger partial charge in [-0.1, -0.05) is 0 Å². The maximum absolute atomic E-state index is 11.5. The lowest BCUT2D eigenvalue weighted by Crippen LogP contribution is -2.10. The summed E-state index contributed by atoms with van der Waals surface area (Å²) < 4.78 is 21.0. The van der Waals surface area contributed by atoms with E-state index in [0.29, 0.717) is 43.5 Å². The van der Waals surface area contributed by atoms with Gasteiger partial charge in [-0.2, -0.15) is 0 Å². The van der Waals surface area contributed by atoms with Crippen molar-refractivity contribution in [2.45, 2.75) is 13.3 Å². The van der Waals surface area contributed by atoms with Crippen molar-refractivity contribution in [3.8, 4) is 11.5 Å². The Hall–Kier alpha value is -1.59. The van der Waals surface area contributed by atoms with E-state index in [1.165, 1.54) is 6.92 Å². The SMILES string of the molecule is COCCCOCCOc1cc(OC)ccc1C(C)=O. The van der Waals surface area contributed by atoms with Gasteiger partial charge >= 0.3 is 0 Å². The maximum atomic E-state index is 11.5. The van der Waals surface area contributed by atoms with E-state index in [4.69, 9.17) is 18.9 Å². The summed E-state index contributed by atoms with van der Waals surface area (Å²) >= 11 is 0. The highest BCUT2D eigenvalue weighted by Gasteiger charge is 2.09. The molecule has 0 N–H and O–H groups in total. The molecule has 0 heterocycles. The van der Waals surface area contributed by atoms with Crippen LogP contribution in [0.15, 0.2) is 18.2 Å². The Balaban J connectivity index is 2.43. The zero-order valence-electron chi connectivity index (χ0n) is 12.3. The number of ether oxygens (including phenoxy) is 4. The minimum Gasteiger partial charge on any atom is -0.497 e. The van der Waals surface area contributed by atoms with Crippen LogP contribution in [-0.2, 0) is 9.47 Å². The van der Waals surface area contributed by atoms with Crippen LogP contribution < -0.4 is 9.47 Å². The Bertz CT molecular complexity index is 417. The third kappa shape index (κ3) is 5.59. The maximum Gasteiger partial charge on any atom is 0.163 e. The number of carbonyl (C=O) groups excluding carboxylic acids is 1. The van der Waals surface area contributed by atoms with Crippen molar-refractivity contribution in [3.63, 3.8) is 0 Å². The molecule has 1 aromatic carbocycles. The molecule has 0 aliphatic rings. The second kappa shape index (κ2) is 9.34. The van der Waals surface area contributed by atoms with E-state index in [0.717, 1.165) is 6.42 Å². The van der Waals surface area contributed by atoms with Crippen molar-refractivity contribution in [1.82, 2.24) is 0 Å². The van der Waals surface area contributed by atoms with Crippen molar-refractivity contribution in [1.29, 1.82) is 0 Å². The number of carbonyl (C=O) groups is 1. The molecule has 0 saturated heterocycles. The van der Waals surface area contributed by atoms with Crippen molar-refractivity contribution in [2.75, 3.05) is 40.6 Å². The quantitative estimate of drug-likeness (QED) is 0.487. The van der Waals surface area contributed by atoms with Crippen LogP contribution in [0.4, 0.5) is 0 Å². The molecule has 0 spiro atoms. The molecule has 0 fully saturated rings. The summed E-state index contributed by atoms with van der Waals surface area (Å²) in [4.78, 5) is 11.5. The van der Waals surface area contributed by atoms with E-state index in [1.807, 2.05) is 0 Å². The van der Waals surface area contributed by atoms with Crippen molar-refractivity contribution >= 4 is 5.78 Å². The summed E-state index contributed by atoms with van der Waals surface area (Å²) in [6.45, 7) is 3.69. The number of hydrogen-bond donors (Lipinski definition) is 0. The van der Waals surface area contributed by atoms with Crippen LogP contribution in [0, 0.1) is 0 Å². The van der Waals surface area contributed by atoms with Gasteiger partial charge in [0.15, 0.2) is 5.78 Å². The van der Waals surface area contributed by atoms with Gasteiger partial charge in [0.2, 0.25) is 0 Å². The van der Waals surface area contributed by atoms with E-state index in [2.05, 4.69) is 0 Å². The fourth-order valence-corrected chi connectivity index (χ4v) is 1.66. The average molecular weight is 282 g/mol. The molecule has 0 aliphatic heterocycles. The summed E-state index contributed by atoms with van der Waals surface area (Å²) in [6.07, 6.45) is 0.856. The Morgan fingerprint density at radius 2 is 1.90 bits per heavy atom. The summed E-state index contributed by atoms with van der Waals surface area (Å²) in [5, 5.41) is 0. The van der Waals surface area contributed by atoms with Gasteiger partial charge in [0.25, 0.3) is 0 Å². The van der Waals surface area contributed by atoms with E-state index >= 15 is 0 Å². The molecule has 112 valence electrons. The average Bonchev–Trinajstić information content (AvgIpc) is 2.45. The van der Waals surface area contributed by atoms with Crippen LogP contribution in [0.5, 0.6) is 11.5 Å². The van der Waals surface area contributed by atoms with E-state index in [9.17, 15) is 4.79 Å². The highest BCUT2D eigenvalue weighted by atomic mass is 16.5. The van der Waals surface area contributed by atoms with Gasteiger partial charge in [0.05, 0.1) is 19.3 Å². The van der Waals surface area contributed by atoms with Crippen LogP contribution in [0.2, 0.25) is 0 Å². The van der Waals surface area contributed by atoms with Gasteiger partial charge in [0.1, 0.15) is 18.1 Å². The molecule has 0 saturated carbocycles. The largest absolute Gasteiger partial charge is 0.497 e. The van der Waals surface area contributed by atoms with Crippen molar-refractivity contribution < 1.29 is 23.7 Å². The standard InChI is InChI=1S/C15H22O5/c1-12(16)14-6-5-13(18-3)11-15(14)20-10-9-19-8-4-7-17-2/h5-6,11H,4,7-10H2,1-3H3. The molecule has 5 nitrogen and oxygen atoms in total. The molecule has 1 rings (SSSR count). The van der Waals surface area contributed by atoms with Crippen LogP contribution in [-0.4, -0.2) is 46.4 Å². The minimum atomic E-state index is -0.0383. The molecule has 0 atom stereocenters. The molecule has 0 amide bonds. The van der Waals surface area contributed by atoms with E-state index < -0.39 is 0 Å². The fourth-order valence-electron chi connectivity index (χ4n) is 1.66. The lowest BCUT2D eigenvalue weighted by Gasteiger charge is -2.11. The first-order valence-electron chi connectivity index (χ1n) is 6.57. The molecular formula is C15H22O5. The van der Waals surface area contributed by atoms with Crippen molar-refractivity contribution in [2.24, 2.45) is 0 Å². The zero-order chi connectivity index (χ0) is 14.8. The molecule has 0 unspecified atom stereocenters. The summed E-state index contributed by atoms with van der Waals surface area (Å²) in [5.74, 6) is 1.15. The molecule has 5 heteroatoms. The summed E-state index contributed by atoms with van der Waals surface area (Å²) in [5.41, 5.74) is 0.546. The second-order valence-corrected chi connectivity index (χ2v) is 4.23. The van der Waals surface area contributed by atoms with E-state index in [-0.39, 0.29) is 5.78 Å². The number of hydrogen-bond acceptors (Lipinski definition) is 5. The second-order valence-electron chi connectivity index (χ2n) is 4.23. The monoisotopic (exact) mass is 282 g/mol. The van der Waals surface area contributed by atoms with Gasteiger partial charge in [-0.25, -0.2) is 0 Å². The number of ketones is 1. The number of rotatable bonds is 10. The van der Waals surface area contributed by atoms with Crippen LogP contribution in [0.1, 0.15) is 23.7 Å². The first kappa shape index (κ1) is 16.5. The third-order valence-corrected chi connectivity index (χ3v) is 2.69.